The predicted molar refractivity (Wildman–Crippen MR) is 49.3 cm³/mol. The van der Waals surface area contributed by atoms with E-state index in [1.807, 2.05) is 13.8 Å². The van der Waals surface area contributed by atoms with Gasteiger partial charge in [0.25, 0.3) is 0 Å². The Balaban J connectivity index is 0.000000921. The molecule has 0 aliphatic heterocycles. The van der Waals surface area contributed by atoms with Crippen molar-refractivity contribution in [3.05, 3.63) is 33.7 Å². The number of hydrogen-bond acceptors (Lipinski definition) is 2. The molecule has 0 aliphatic carbocycles. The quantitative estimate of drug-likeness (QED) is 0.764. The summed E-state index contributed by atoms with van der Waals surface area (Å²) in [4.78, 5) is 12.7. The molecule has 6 heteroatoms. The Labute approximate surface area is 84.6 Å². The van der Waals surface area contributed by atoms with E-state index >= 15 is 0 Å². The number of aromatic nitrogens is 1. The van der Waals surface area contributed by atoms with Crippen LogP contribution in [0.1, 0.15) is 25.1 Å². The number of H-pyrrole nitrogens is 1. The van der Waals surface area contributed by atoms with Crippen LogP contribution in [0.3, 0.4) is 0 Å². The van der Waals surface area contributed by atoms with Gasteiger partial charge >= 0.3 is 6.18 Å². The lowest BCUT2D eigenvalue weighted by Gasteiger charge is -2.06. The molecule has 15 heavy (non-hydrogen) atoms. The maximum Gasteiger partial charge on any atom is 0.416 e. The minimum atomic E-state index is -4.56. The number of aliphatic hydroxyl groups excluding tert-OH is 1. The first-order valence-corrected chi connectivity index (χ1v) is 4.35. The Morgan fingerprint density at radius 3 is 2.27 bits per heavy atom. The van der Waals surface area contributed by atoms with E-state index in [4.69, 9.17) is 5.11 Å². The van der Waals surface area contributed by atoms with Crippen molar-refractivity contribution in [2.75, 3.05) is 0 Å². The van der Waals surface area contributed by atoms with Crippen LogP contribution in [-0.4, -0.2) is 10.1 Å². The number of aromatic amines is 1. The zero-order valence-electron chi connectivity index (χ0n) is 8.35. The highest BCUT2D eigenvalue weighted by molar-refractivity contribution is 5.18. The van der Waals surface area contributed by atoms with Gasteiger partial charge in [0, 0.05) is 11.8 Å². The highest BCUT2D eigenvalue weighted by Gasteiger charge is 2.31. The number of hydrogen-bond donors (Lipinski definition) is 2. The van der Waals surface area contributed by atoms with Gasteiger partial charge in [-0.1, -0.05) is 13.8 Å². The monoisotopic (exact) mass is 223 g/mol. The molecule has 0 aromatic carbocycles. The third kappa shape index (κ3) is 4.16. The fourth-order valence-corrected chi connectivity index (χ4v) is 0.850. The molecule has 0 aliphatic rings. The Morgan fingerprint density at radius 2 is 1.87 bits per heavy atom. The van der Waals surface area contributed by atoms with Crippen molar-refractivity contribution in [3.63, 3.8) is 0 Å². The van der Waals surface area contributed by atoms with Crippen molar-refractivity contribution < 1.29 is 18.3 Å². The zero-order valence-corrected chi connectivity index (χ0v) is 8.35. The molecule has 1 aromatic heterocycles. The SMILES string of the molecule is CC.O=c1cc(C(F)(F)F)cc(CO)[nH]1. The molecule has 1 heterocycles. The number of pyridine rings is 1. The lowest BCUT2D eigenvalue weighted by molar-refractivity contribution is -0.137. The second-order valence-corrected chi connectivity index (χ2v) is 2.41. The topological polar surface area (TPSA) is 53.1 Å². The van der Waals surface area contributed by atoms with Gasteiger partial charge in [-0.15, -0.1) is 0 Å². The summed E-state index contributed by atoms with van der Waals surface area (Å²) < 4.78 is 36.1. The molecular weight excluding hydrogens is 211 g/mol. The fourth-order valence-electron chi connectivity index (χ4n) is 0.850. The van der Waals surface area contributed by atoms with Crippen LogP contribution in [0.4, 0.5) is 13.2 Å². The molecule has 1 rings (SSSR count). The van der Waals surface area contributed by atoms with Gasteiger partial charge < -0.3 is 10.1 Å². The summed E-state index contributed by atoms with van der Waals surface area (Å²) in [5, 5.41) is 8.51. The Morgan fingerprint density at radius 1 is 1.33 bits per heavy atom. The Kier molecular flexibility index (Phi) is 5.07. The normalized spacial score (nSPS) is 10.5. The summed E-state index contributed by atoms with van der Waals surface area (Å²) in [6, 6.07) is 1.14. The van der Waals surface area contributed by atoms with E-state index in [-0.39, 0.29) is 5.69 Å². The average molecular weight is 223 g/mol. The molecule has 0 spiro atoms. The summed E-state index contributed by atoms with van der Waals surface area (Å²) >= 11 is 0. The second kappa shape index (κ2) is 5.55. The van der Waals surface area contributed by atoms with Gasteiger partial charge in [-0.25, -0.2) is 0 Å². The first kappa shape index (κ1) is 13.7. The van der Waals surface area contributed by atoms with Crippen molar-refractivity contribution in [2.24, 2.45) is 0 Å². The van der Waals surface area contributed by atoms with Crippen molar-refractivity contribution >= 4 is 0 Å². The smallest absolute Gasteiger partial charge is 0.390 e. The molecule has 1 aromatic rings. The number of alkyl halides is 3. The molecule has 0 amide bonds. The number of aliphatic hydroxyl groups is 1. The van der Waals surface area contributed by atoms with Crippen LogP contribution in [0.25, 0.3) is 0 Å². The van der Waals surface area contributed by atoms with Crippen LogP contribution >= 0.6 is 0 Å². The molecule has 0 fully saturated rings. The van der Waals surface area contributed by atoms with Crippen molar-refractivity contribution in [1.29, 1.82) is 0 Å². The van der Waals surface area contributed by atoms with Gasteiger partial charge in [-0.2, -0.15) is 13.2 Å². The minimum Gasteiger partial charge on any atom is -0.390 e. The lowest BCUT2D eigenvalue weighted by atomic mass is 10.2. The summed E-state index contributed by atoms with van der Waals surface area (Å²) in [5.41, 5.74) is -2.08. The standard InChI is InChI=1S/C7H6F3NO2.C2H6/c8-7(9,10)4-1-5(3-12)11-6(13)2-4;1-2/h1-2,12H,3H2,(H,11,13);1-2H3. The second-order valence-electron chi connectivity index (χ2n) is 2.41. The summed E-state index contributed by atoms with van der Waals surface area (Å²) in [6.07, 6.45) is -4.56. The van der Waals surface area contributed by atoms with Gasteiger partial charge in [-0.05, 0) is 6.07 Å². The van der Waals surface area contributed by atoms with Gasteiger partial charge in [0.2, 0.25) is 5.56 Å². The molecule has 3 nitrogen and oxygen atoms in total. The Hall–Kier alpha value is -1.30. The third-order valence-corrected chi connectivity index (χ3v) is 1.40. The molecule has 0 unspecified atom stereocenters. The highest BCUT2D eigenvalue weighted by atomic mass is 19.4. The maximum absolute atomic E-state index is 12.0. The summed E-state index contributed by atoms with van der Waals surface area (Å²) in [7, 11) is 0. The van der Waals surface area contributed by atoms with Crippen LogP contribution in [0, 0.1) is 0 Å². The molecule has 2 N–H and O–H groups in total. The van der Waals surface area contributed by atoms with Gasteiger partial charge in [0.15, 0.2) is 0 Å². The predicted octanol–water partition coefficient (Wildman–Crippen LogP) is 1.91. The number of halogens is 3. The van der Waals surface area contributed by atoms with Crippen LogP contribution in [0.5, 0.6) is 0 Å². The molecule has 0 atom stereocenters. The molecule has 86 valence electrons. The zero-order chi connectivity index (χ0) is 12.1. The van der Waals surface area contributed by atoms with Crippen molar-refractivity contribution in [3.8, 4) is 0 Å². The molecule has 0 bridgehead atoms. The Bertz CT molecular complexity index is 357. The van der Waals surface area contributed by atoms with Crippen molar-refractivity contribution in [1.82, 2.24) is 4.98 Å². The van der Waals surface area contributed by atoms with E-state index in [2.05, 4.69) is 4.98 Å². The number of rotatable bonds is 1. The molecule has 0 saturated heterocycles. The van der Waals surface area contributed by atoms with E-state index in [9.17, 15) is 18.0 Å². The van der Waals surface area contributed by atoms with Crippen LogP contribution in [0.2, 0.25) is 0 Å². The van der Waals surface area contributed by atoms with Crippen LogP contribution < -0.4 is 5.56 Å². The van der Waals surface area contributed by atoms with E-state index in [0.717, 1.165) is 0 Å². The number of nitrogens with one attached hydrogen (secondary N) is 1. The van der Waals surface area contributed by atoms with E-state index in [1.165, 1.54) is 0 Å². The van der Waals surface area contributed by atoms with Gasteiger partial charge in [0.1, 0.15) is 0 Å². The van der Waals surface area contributed by atoms with Crippen LogP contribution in [0.15, 0.2) is 16.9 Å². The van der Waals surface area contributed by atoms with E-state index in [0.29, 0.717) is 12.1 Å². The average Bonchev–Trinajstić information content (AvgIpc) is 2.18. The van der Waals surface area contributed by atoms with E-state index in [1.54, 1.807) is 0 Å². The molecule has 0 saturated carbocycles. The fraction of sp³-hybridized carbons (Fsp3) is 0.444. The summed E-state index contributed by atoms with van der Waals surface area (Å²) in [5.74, 6) is 0. The minimum absolute atomic E-state index is 0.153. The first-order chi connectivity index (χ1) is 6.93. The first-order valence-electron chi connectivity index (χ1n) is 4.35. The summed E-state index contributed by atoms with van der Waals surface area (Å²) in [6.45, 7) is 3.37. The maximum atomic E-state index is 12.0. The molecule has 0 radical (unpaired) electrons. The van der Waals surface area contributed by atoms with Gasteiger partial charge in [0.05, 0.1) is 12.2 Å². The largest absolute Gasteiger partial charge is 0.416 e. The molecular formula is C9H12F3NO2. The van der Waals surface area contributed by atoms with Gasteiger partial charge in [-0.3, -0.25) is 4.79 Å². The van der Waals surface area contributed by atoms with E-state index < -0.39 is 23.9 Å². The third-order valence-electron chi connectivity index (χ3n) is 1.40. The van der Waals surface area contributed by atoms with Crippen molar-refractivity contribution in [2.45, 2.75) is 26.6 Å². The highest BCUT2D eigenvalue weighted by Crippen LogP contribution is 2.28. The lowest BCUT2D eigenvalue weighted by Crippen LogP contribution is -2.15. The van der Waals surface area contributed by atoms with Crippen LogP contribution in [-0.2, 0) is 12.8 Å².